The molecule has 7 nitrogen and oxygen atoms in total. The van der Waals surface area contributed by atoms with Crippen molar-refractivity contribution in [3.8, 4) is 0 Å². The van der Waals surface area contributed by atoms with E-state index in [4.69, 9.17) is 10.8 Å². The lowest BCUT2D eigenvalue weighted by molar-refractivity contribution is -0.142. The van der Waals surface area contributed by atoms with Gasteiger partial charge in [-0.3, -0.25) is 9.59 Å². The standard InChI is InChI=1S/C14H27N3O4S2/c1-8(2)6-9(15)12(18)17-11(7-22)13(19)16-10(14(20)21)4-5-23-3/h8-11,22H,4-7,15H2,1-3H3,(H,16,19)(H,17,18)(H,20,21). The molecule has 0 radical (unpaired) electrons. The van der Waals surface area contributed by atoms with Crippen molar-refractivity contribution < 1.29 is 19.5 Å². The molecule has 0 saturated heterocycles. The van der Waals surface area contributed by atoms with Crippen molar-refractivity contribution in [2.24, 2.45) is 11.7 Å². The number of nitrogens with two attached hydrogens (primary N) is 1. The lowest BCUT2D eigenvalue weighted by Crippen LogP contribution is -2.55. The highest BCUT2D eigenvalue weighted by atomic mass is 32.2. The van der Waals surface area contributed by atoms with Crippen LogP contribution in [0, 0.1) is 5.92 Å². The molecule has 0 spiro atoms. The van der Waals surface area contributed by atoms with Crippen LogP contribution >= 0.6 is 24.4 Å². The van der Waals surface area contributed by atoms with Crippen LogP contribution in [0.2, 0.25) is 0 Å². The molecule has 2 amide bonds. The number of amides is 2. The molecule has 0 aromatic rings. The average Bonchev–Trinajstić information content (AvgIpc) is 2.47. The first-order valence-electron chi connectivity index (χ1n) is 7.41. The molecule has 0 heterocycles. The van der Waals surface area contributed by atoms with Gasteiger partial charge in [-0.25, -0.2) is 4.79 Å². The van der Waals surface area contributed by atoms with Gasteiger partial charge in [0.2, 0.25) is 11.8 Å². The summed E-state index contributed by atoms with van der Waals surface area (Å²) in [4.78, 5) is 35.3. The van der Waals surface area contributed by atoms with Crippen molar-refractivity contribution in [2.45, 2.75) is 44.8 Å². The fourth-order valence-corrected chi connectivity index (χ4v) is 2.58. The second kappa shape index (κ2) is 11.6. The molecular weight excluding hydrogens is 338 g/mol. The van der Waals surface area contributed by atoms with Crippen molar-refractivity contribution >= 4 is 42.2 Å². The van der Waals surface area contributed by atoms with Crippen LogP contribution in [0.5, 0.6) is 0 Å². The first kappa shape index (κ1) is 22.1. The Bertz CT molecular complexity index is 407. The number of carboxylic acid groups (broad SMARTS) is 1. The van der Waals surface area contributed by atoms with Gasteiger partial charge in [-0.2, -0.15) is 24.4 Å². The highest BCUT2D eigenvalue weighted by Crippen LogP contribution is 2.04. The van der Waals surface area contributed by atoms with Crippen LogP contribution in [-0.2, 0) is 14.4 Å². The molecule has 0 aliphatic heterocycles. The van der Waals surface area contributed by atoms with Crippen molar-refractivity contribution in [3.63, 3.8) is 0 Å². The third-order valence-corrected chi connectivity index (χ3v) is 4.11. The lowest BCUT2D eigenvalue weighted by Gasteiger charge is -2.22. The molecule has 3 atom stereocenters. The number of carbonyl (C=O) groups excluding carboxylic acids is 2. The SMILES string of the molecule is CSCCC(NC(=O)C(CS)NC(=O)C(N)CC(C)C)C(=O)O. The van der Waals surface area contributed by atoms with Gasteiger partial charge in [0.05, 0.1) is 6.04 Å². The molecule has 0 saturated carbocycles. The minimum absolute atomic E-state index is 0.0564. The van der Waals surface area contributed by atoms with Gasteiger partial charge >= 0.3 is 5.97 Å². The van der Waals surface area contributed by atoms with E-state index in [0.29, 0.717) is 18.6 Å². The number of thiol groups is 1. The summed E-state index contributed by atoms with van der Waals surface area (Å²) in [6, 6.07) is -2.62. The van der Waals surface area contributed by atoms with Crippen molar-refractivity contribution in [3.05, 3.63) is 0 Å². The molecule has 134 valence electrons. The van der Waals surface area contributed by atoms with Crippen LogP contribution in [0.3, 0.4) is 0 Å². The quantitative estimate of drug-likeness (QED) is 0.331. The van der Waals surface area contributed by atoms with Gasteiger partial charge in [-0.1, -0.05) is 13.8 Å². The van der Waals surface area contributed by atoms with E-state index in [1.807, 2.05) is 20.1 Å². The van der Waals surface area contributed by atoms with Crippen molar-refractivity contribution in [1.29, 1.82) is 0 Å². The van der Waals surface area contributed by atoms with E-state index < -0.39 is 35.9 Å². The molecule has 23 heavy (non-hydrogen) atoms. The van der Waals surface area contributed by atoms with Crippen LogP contribution in [0.15, 0.2) is 0 Å². The van der Waals surface area contributed by atoms with Crippen molar-refractivity contribution in [2.75, 3.05) is 17.8 Å². The highest BCUT2D eigenvalue weighted by Gasteiger charge is 2.27. The Hall–Kier alpha value is -0.930. The maximum absolute atomic E-state index is 12.1. The molecule has 5 N–H and O–H groups in total. The van der Waals surface area contributed by atoms with E-state index in [9.17, 15) is 14.4 Å². The zero-order valence-corrected chi connectivity index (χ0v) is 15.5. The van der Waals surface area contributed by atoms with E-state index in [1.165, 1.54) is 11.8 Å². The topological polar surface area (TPSA) is 122 Å². The summed E-state index contributed by atoms with van der Waals surface area (Å²) < 4.78 is 0. The number of carbonyl (C=O) groups is 3. The monoisotopic (exact) mass is 365 g/mol. The van der Waals surface area contributed by atoms with Gasteiger partial charge in [0.1, 0.15) is 12.1 Å². The molecule has 0 aliphatic carbocycles. The van der Waals surface area contributed by atoms with Gasteiger partial charge < -0.3 is 21.5 Å². The molecule has 0 aliphatic rings. The van der Waals surface area contributed by atoms with E-state index in [2.05, 4.69) is 23.3 Å². The van der Waals surface area contributed by atoms with Crippen LogP contribution in [0.1, 0.15) is 26.7 Å². The second-order valence-electron chi connectivity index (χ2n) is 5.66. The summed E-state index contributed by atoms with van der Waals surface area (Å²) in [5.41, 5.74) is 5.77. The number of hydrogen-bond donors (Lipinski definition) is 5. The predicted octanol–water partition coefficient (Wildman–Crippen LogP) is 0.0969. The van der Waals surface area contributed by atoms with E-state index >= 15 is 0 Å². The molecule has 0 aromatic carbocycles. The highest BCUT2D eigenvalue weighted by molar-refractivity contribution is 7.98. The number of aliphatic carboxylic acids is 1. The third-order valence-electron chi connectivity index (χ3n) is 3.10. The summed E-state index contributed by atoms with van der Waals surface area (Å²) >= 11 is 5.54. The van der Waals surface area contributed by atoms with E-state index in [1.54, 1.807) is 0 Å². The Morgan fingerprint density at radius 3 is 2.17 bits per heavy atom. The lowest BCUT2D eigenvalue weighted by atomic mass is 10.0. The number of nitrogens with one attached hydrogen (secondary N) is 2. The Balaban J connectivity index is 4.66. The summed E-state index contributed by atoms with van der Waals surface area (Å²) in [5, 5.41) is 14.1. The zero-order chi connectivity index (χ0) is 18.0. The molecule has 3 unspecified atom stereocenters. The Morgan fingerprint density at radius 1 is 1.17 bits per heavy atom. The molecular formula is C14H27N3O4S2. The van der Waals surface area contributed by atoms with Gasteiger partial charge in [0.25, 0.3) is 0 Å². The summed E-state index contributed by atoms with van der Waals surface area (Å²) in [5.74, 6) is -1.20. The Morgan fingerprint density at radius 2 is 1.74 bits per heavy atom. The fraction of sp³-hybridized carbons (Fsp3) is 0.786. The molecule has 0 bridgehead atoms. The summed E-state index contributed by atoms with van der Waals surface area (Å²) in [6.45, 7) is 3.89. The molecule has 0 aromatic heterocycles. The minimum atomic E-state index is -1.10. The average molecular weight is 366 g/mol. The van der Waals surface area contributed by atoms with Gasteiger partial charge in [-0.05, 0) is 30.8 Å². The van der Waals surface area contributed by atoms with Crippen LogP contribution < -0.4 is 16.4 Å². The predicted molar refractivity (Wildman–Crippen MR) is 95.8 cm³/mol. The zero-order valence-electron chi connectivity index (χ0n) is 13.7. The van der Waals surface area contributed by atoms with E-state index in [0.717, 1.165) is 0 Å². The first-order chi connectivity index (χ1) is 10.7. The molecule has 0 rings (SSSR count). The van der Waals surface area contributed by atoms with Crippen molar-refractivity contribution in [1.82, 2.24) is 10.6 Å². The largest absolute Gasteiger partial charge is 0.480 e. The van der Waals surface area contributed by atoms with Crippen LogP contribution in [-0.4, -0.2) is 58.8 Å². The second-order valence-corrected chi connectivity index (χ2v) is 7.01. The first-order valence-corrected chi connectivity index (χ1v) is 9.44. The van der Waals surface area contributed by atoms with Gasteiger partial charge in [0, 0.05) is 5.75 Å². The van der Waals surface area contributed by atoms with Gasteiger partial charge in [-0.15, -0.1) is 0 Å². The third kappa shape index (κ3) is 9.07. The number of carboxylic acids is 1. The van der Waals surface area contributed by atoms with Crippen LogP contribution in [0.4, 0.5) is 0 Å². The van der Waals surface area contributed by atoms with E-state index in [-0.39, 0.29) is 11.7 Å². The Kier molecular flexibility index (Phi) is 11.1. The summed E-state index contributed by atoms with van der Waals surface area (Å²) in [7, 11) is 0. The number of thioether (sulfide) groups is 1. The summed E-state index contributed by atoms with van der Waals surface area (Å²) in [6.07, 6.45) is 2.66. The normalized spacial score (nSPS) is 14.9. The number of rotatable bonds is 11. The minimum Gasteiger partial charge on any atom is -0.480 e. The Labute approximate surface area is 146 Å². The maximum Gasteiger partial charge on any atom is 0.326 e. The maximum atomic E-state index is 12.1. The fourth-order valence-electron chi connectivity index (χ4n) is 1.85. The van der Waals surface area contributed by atoms with Gasteiger partial charge in [0.15, 0.2) is 0 Å². The molecule has 9 heteroatoms. The van der Waals surface area contributed by atoms with Crippen LogP contribution in [0.25, 0.3) is 0 Å². The smallest absolute Gasteiger partial charge is 0.326 e. The molecule has 0 fully saturated rings. The number of hydrogen-bond acceptors (Lipinski definition) is 6.